The molecule has 3 saturated carbocycles. The van der Waals surface area contributed by atoms with Crippen molar-refractivity contribution in [2.45, 2.75) is 71.3 Å². The van der Waals surface area contributed by atoms with Crippen molar-refractivity contribution in [2.24, 2.45) is 41.4 Å². The highest BCUT2D eigenvalue weighted by Gasteiger charge is 2.66. The highest BCUT2D eigenvalue weighted by Crippen LogP contribution is 2.70. The van der Waals surface area contributed by atoms with E-state index >= 15 is 0 Å². The Morgan fingerprint density at radius 3 is 2.37 bits per heavy atom. The molecule has 0 amide bonds. The maximum absolute atomic E-state index is 5.91. The molecule has 6 atom stereocenters. The summed E-state index contributed by atoms with van der Waals surface area (Å²) in [5.74, 6) is 12.0. The molecule has 3 aliphatic rings. The van der Waals surface area contributed by atoms with Crippen LogP contribution in [0.2, 0.25) is 0 Å². The van der Waals surface area contributed by atoms with Gasteiger partial charge in [0.05, 0.1) is 0 Å². The van der Waals surface area contributed by atoms with Gasteiger partial charge in [-0.05, 0) is 61.2 Å². The lowest BCUT2D eigenvalue weighted by Gasteiger charge is -2.24. The Balaban J connectivity index is 1.54. The number of hydrogen-bond acceptors (Lipinski definition) is 2. The largest absolute Gasteiger partial charge is 0.271 e. The second-order valence-electron chi connectivity index (χ2n) is 7.49. The predicted octanol–water partition coefficient (Wildman–Crippen LogP) is 3.72. The van der Waals surface area contributed by atoms with Gasteiger partial charge in [-0.2, -0.15) is 0 Å². The number of rotatable bonds is 8. The summed E-state index contributed by atoms with van der Waals surface area (Å²) in [6.07, 6.45) is 11.4. The monoisotopic (exact) mass is 264 g/mol. The maximum Gasteiger partial charge on any atom is 0.0247 e. The minimum Gasteiger partial charge on any atom is -0.271 e. The molecule has 3 rings (SSSR count). The Hall–Kier alpha value is -0.0800. The molecule has 6 unspecified atom stereocenters. The molecule has 3 N–H and O–H groups in total. The molecule has 3 aliphatic carbocycles. The van der Waals surface area contributed by atoms with Gasteiger partial charge in [0.25, 0.3) is 0 Å². The molecule has 110 valence electrons. The second kappa shape index (κ2) is 5.73. The highest BCUT2D eigenvalue weighted by molar-refractivity contribution is 5.15. The molecule has 0 aromatic rings. The Morgan fingerprint density at radius 1 is 1.16 bits per heavy atom. The number of hydrogen-bond donors (Lipinski definition) is 2. The molecule has 0 saturated heterocycles. The molecule has 19 heavy (non-hydrogen) atoms. The number of nitrogens with one attached hydrogen (secondary N) is 1. The van der Waals surface area contributed by atoms with Crippen molar-refractivity contribution in [3.05, 3.63) is 0 Å². The summed E-state index contributed by atoms with van der Waals surface area (Å²) in [7, 11) is 0. The summed E-state index contributed by atoms with van der Waals surface area (Å²) in [6.45, 7) is 4.65. The van der Waals surface area contributed by atoms with Gasteiger partial charge in [0, 0.05) is 6.04 Å². The van der Waals surface area contributed by atoms with Crippen molar-refractivity contribution < 1.29 is 0 Å². The Kier molecular flexibility index (Phi) is 4.19. The van der Waals surface area contributed by atoms with Crippen molar-refractivity contribution in [3.8, 4) is 0 Å². The van der Waals surface area contributed by atoms with Gasteiger partial charge in [0.2, 0.25) is 0 Å². The topological polar surface area (TPSA) is 38.0 Å². The first-order chi connectivity index (χ1) is 9.30. The number of unbranched alkanes of at least 4 members (excludes halogenated alkanes) is 1. The van der Waals surface area contributed by atoms with E-state index in [1.165, 1.54) is 44.9 Å². The third-order valence-electron chi connectivity index (χ3n) is 6.60. The van der Waals surface area contributed by atoms with E-state index in [1.54, 1.807) is 6.42 Å². The summed E-state index contributed by atoms with van der Waals surface area (Å²) in [5.41, 5.74) is 3.20. The van der Waals surface area contributed by atoms with Gasteiger partial charge in [0.1, 0.15) is 0 Å². The summed E-state index contributed by atoms with van der Waals surface area (Å²) in [5, 5.41) is 0. The lowest BCUT2D eigenvalue weighted by molar-refractivity contribution is 0.292. The van der Waals surface area contributed by atoms with Gasteiger partial charge in [-0.1, -0.05) is 39.5 Å². The molecule has 2 heteroatoms. The van der Waals surface area contributed by atoms with E-state index in [0.29, 0.717) is 6.04 Å². The number of fused-ring (bicyclic) bond motifs is 5. The fraction of sp³-hybridized carbons (Fsp3) is 1.00. The molecule has 0 radical (unpaired) electrons. The lowest BCUT2D eigenvalue weighted by atomic mass is 9.87. The third-order valence-corrected chi connectivity index (χ3v) is 6.60. The van der Waals surface area contributed by atoms with E-state index in [1.807, 2.05) is 0 Å². The normalized spacial score (nSPS) is 42.2. The average molecular weight is 264 g/mol. The first-order valence-electron chi connectivity index (χ1n) is 8.76. The van der Waals surface area contributed by atoms with Gasteiger partial charge >= 0.3 is 0 Å². The van der Waals surface area contributed by atoms with Crippen molar-refractivity contribution in [3.63, 3.8) is 0 Å². The Labute approximate surface area is 118 Å². The fourth-order valence-electron chi connectivity index (χ4n) is 5.61. The van der Waals surface area contributed by atoms with Crippen molar-refractivity contribution in [1.29, 1.82) is 0 Å². The van der Waals surface area contributed by atoms with E-state index in [2.05, 4.69) is 19.3 Å². The minimum atomic E-state index is 0.611. The Morgan fingerprint density at radius 2 is 1.84 bits per heavy atom. The van der Waals surface area contributed by atoms with Crippen molar-refractivity contribution >= 4 is 0 Å². The van der Waals surface area contributed by atoms with Gasteiger partial charge in [0.15, 0.2) is 0 Å². The number of nitrogens with two attached hydrogens (primary N) is 1. The van der Waals surface area contributed by atoms with Crippen LogP contribution in [0.25, 0.3) is 0 Å². The van der Waals surface area contributed by atoms with E-state index < -0.39 is 0 Å². The van der Waals surface area contributed by atoms with Crippen LogP contribution in [0.5, 0.6) is 0 Å². The standard InChI is InChI=1S/C17H32N2/c1-3-5-6-11(4-2)9-14(19-18)17-15-12-7-8-13(10-12)16(15)17/h11-17,19H,3-10,18H2,1-2H3. The van der Waals surface area contributed by atoms with Crippen LogP contribution in [-0.4, -0.2) is 6.04 Å². The molecule has 3 fully saturated rings. The number of hydrazine groups is 1. The maximum atomic E-state index is 5.91. The third kappa shape index (κ3) is 2.47. The van der Waals surface area contributed by atoms with Crippen LogP contribution in [-0.2, 0) is 0 Å². The van der Waals surface area contributed by atoms with Gasteiger partial charge in [-0.15, -0.1) is 0 Å². The van der Waals surface area contributed by atoms with Crippen molar-refractivity contribution in [2.75, 3.05) is 0 Å². The average Bonchev–Trinajstić information content (AvgIpc) is 2.87. The first-order valence-corrected chi connectivity index (χ1v) is 8.76. The molecule has 2 nitrogen and oxygen atoms in total. The fourth-order valence-corrected chi connectivity index (χ4v) is 5.61. The van der Waals surface area contributed by atoms with Crippen LogP contribution in [0.1, 0.15) is 65.2 Å². The molecular weight excluding hydrogens is 232 g/mol. The van der Waals surface area contributed by atoms with Crippen LogP contribution in [0.4, 0.5) is 0 Å². The predicted molar refractivity (Wildman–Crippen MR) is 80.3 cm³/mol. The molecule has 0 heterocycles. The quantitative estimate of drug-likeness (QED) is 0.518. The minimum absolute atomic E-state index is 0.611. The van der Waals surface area contributed by atoms with E-state index in [4.69, 9.17) is 5.84 Å². The van der Waals surface area contributed by atoms with Crippen LogP contribution < -0.4 is 11.3 Å². The van der Waals surface area contributed by atoms with Crippen LogP contribution in [0, 0.1) is 35.5 Å². The first kappa shape index (κ1) is 13.9. The summed E-state index contributed by atoms with van der Waals surface area (Å²) >= 11 is 0. The second-order valence-corrected chi connectivity index (χ2v) is 7.49. The van der Waals surface area contributed by atoms with Gasteiger partial charge in [-0.25, -0.2) is 0 Å². The van der Waals surface area contributed by atoms with Crippen molar-refractivity contribution in [1.82, 2.24) is 5.43 Å². The zero-order chi connectivity index (χ0) is 13.4. The summed E-state index contributed by atoms with van der Waals surface area (Å²) < 4.78 is 0. The molecule has 0 aromatic heterocycles. The summed E-state index contributed by atoms with van der Waals surface area (Å²) in [4.78, 5) is 0. The van der Waals surface area contributed by atoms with Gasteiger partial charge in [-0.3, -0.25) is 11.3 Å². The molecular formula is C17H32N2. The SMILES string of the molecule is CCCCC(CC)CC(NN)C1C2C3CCC(C3)C21. The van der Waals surface area contributed by atoms with Gasteiger partial charge < -0.3 is 0 Å². The van der Waals surface area contributed by atoms with E-state index in [9.17, 15) is 0 Å². The van der Waals surface area contributed by atoms with Crippen LogP contribution in [0.3, 0.4) is 0 Å². The molecule has 0 aromatic carbocycles. The van der Waals surface area contributed by atoms with E-state index in [0.717, 1.165) is 35.5 Å². The zero-order valence-corrected chi connectivity index (χ0v) is 12.8. The van der Waals surface area contributed by atoms with Crippen LogP contribution >= 0.6 is 0 Å². The zero-order valence-electron chi connectivity index (χ0n) is 12.8. The van der Waals surface area contributed by atoms with E-state index in [-0.39, 0.29) is 0 Å². The summed E-state index contributed by atoms with van der Waals surface area (Å²) in [6, 6.07) is 0.611. The molecule has 0 spiro atoms. The van der Waals surface area contributed by atoms with Crippen LogP contribution in [0.15, 0.2) is 0 Å². The lowest BCUT2D eigenvalue weighted by Crippen LogP contribution is -2.40. The smallest absolute Gasteiger partial charge is 0.0247 e. The Bertz CT molecular complexity index is 288. The molecule has 0 aliphatic heterocycles. The molecule has 2 bridgehead atoms. The highest BCUT2D eigenvalue weighted by atomic mass is 15.2.